The van der Waals surface area contributed by atoms with Gasteiger partial charge in [-0.15, -0.1) is 11.8 Å². The first-order valence-corrected chi connectivity index (χ1v) is 9.65. The summed E-state index contributed by atoms with van der Waals surface area (Å²) in [5.41, 5.74) is 0. The molecular weight excluding hydrogens is 320 g/mol. The molecule has 0 bridgehead atoms. The summed E-state index contributed by atoms with van der Waals surface area (Å²) in [6.45, 7) is 8.92. The van der Waals surface area contributed by atoms with Gasteiger partial charge in [-0.3, -0.25) is 9.89 Å². The van der Waals surface area contributed by atoms with Gasteiger partial charge in [-0.25, -0.2) is 0 Å². The maximum atomic E-state index is 5.51. The Balaban J connectivity index is 1.64. The molecule has 0 aliphatic carbocycles. The van der Waals surface area contributed by atoms with Crippen LogP contribution in [0.2, 0.25) is 0 Å². The molecule has 24 heavy (non-hydrogen) atoms. The largest absolute Gasteiger partial charge is 0.379 e. The fourth-order valence-corrected chi connectivity index (χ4v) is 3.62. The number of morpholine rings is 1. The Bertz CT molecular complexity index is 497. The maximum Gasteiger partial charge on any atom is 0.191 e. The number of thioether (sulfide) groups is 1. The lowest BCUT2D eigenvalue weighted by Gasteiger charge is -2.38. The van der Waals surface area contributed by atoms with Crippen molar-refractivity contribution in [3.63, 3.8) is 0 Å². The van der Waals surface area contributed by atoms with Gasteiger partial charge in [0.2, 0.25) is 0 Å². The summed E-state index contributed by atoms with van der Waals surface area (Å²) >= 11 is 1.85. The van der Waals surface area contributed by atoms with Crippen LogP contribution in [0.25, 0.3) is 0 Å². The summed E-state index contributed by atoms with van der Waals surface area (Å²) in [5, 5.41) is 6.82. The second-order valence-electron chi connectivity index (χ2n) is 6.05. The van der Waals surface area contributed by atoms with Crippen LogP contribution in [0.4, 0.5) is 0 Å². The molecule has 0 amide bonds. The molecular formula is C18H30N4OS. The molecule has 2 atom stereocenters. The Labute approximate surface area is 150 Å². The molecule has 0 radical (unpaired) electrons. The standard InChI is InChI=1S/C18H30N4OS/c1-15(22-10-11-23-14-16(22)2)13-21-18(19-3)20-9-12-24-17-7-5-4-6-8-17/h4-8,15-16H,9-14H2,1-3H3,(H2,19,20,21). The summed E-state index contributed by atoms with van der Waals surface area (Å²) in [6.07, 6.45) is 0. The van der Waals surface area contributed by atoms with E-state index in [2.05, 4.69) is 58.6 Å². The molecule has 5 nitrogen and oxygen atoms in total. The van der Waals surface area contributed by atoms with Crippen LogP contribution >= 0.6 is 11.8 Å². The highest BCUT2D eigenvalue weighted by Crippen LogP contribution is 2.15. The topological polar surface area (TPSA) is 48.9 Å². The van der Waals surface area contributed by atoms with Gasteiger partial charge >= 0.3 is 0 Å². The maximum absolute atomic E-state index is 5.51. The average Bonchev–Trinajstić information content (AvgIpc) is 2.62. The molecule has 0 aromatic heterocycles. The lowest BCUT2D eigenvalue weighted by Crippen LogP contribution is -2.53. The van der Waals surface area contributed by atoms with Crippen molar-refractivity contribution >= 4 is 17.7 Å². The van der Waals surface area contributed by atoms with E-state index in [0.717, 1.165) is 44.6 Å². The number of nitrogens with zero attached hydrogens (tertiary/aromatic N) is 2. The minimum absolute atomic E-state index is 0.459. The van der Waals surface area contributed by atoms with E-state index >= 15 is 0 Å². The van der Waals surface area contributed by atoms with E-state index in [9.17, 15) is 0 Å². The molecule has 1 aliphatic rings. The first-order chi connectivity index (χ1) is 11.7. The minimum Gasteiger partial charge on any atom is -0.379 e. The number of nitrogens with one attached hydrogen (secondary N) is 2. The minimum atomic E-state index is 0.459. The van der Waals surface area contributed by atoms with Gasteiger partial charge in [0, 0.05) is 49.4 Å². The zero-order valence-electron chi connectivity index (χ0n) is 15.0. The Morgan fingerprint density at radius 1 is 1.38 bits per heavy atom. The van der Waals surface area contributed by atoms with E-state index in [1.54, 1.807) is 0 Å². The van der Waals surface area contributed by atoms with Gasteiger partial charge in [0.1, 0.15) is 0 Å². The molecule has 2 N–H and O–H groups in total. The van der Waals surface area contributed by atoms with Crippen molar-refractivity contribution in [2.24, 2.45) is 4.99 Å². The molecule has 1 heterocycles. The van der Waals surface area contributed by atoms with Crippen molar-refractivity contribution < 1.29 is 4.74 Å². The molecule has 0 spiro atoms. The van der Waals surface area contributed by atoms with Gasteiger partial charge in [-0.2, -0.15) is 0 Å². The third-order valence-electron chi connectivity index (χ3n) is 4.18. The highest BCUT2D eigenvalue weighted by Gasteiger charge is 2.23. The van der Waals surface area contributed by atoms with Gasteiger partial charge in [-0.1, -0.05) is 18.2 Å². The summed E-state index contributed by atoms with van der Waals surface area (Å²) in [5.74, 6) is 1.89. The van der Waals surface area contributed by atoms with Gasteiger partial charge < -0.3 is 15.4 Å². The molecule has 134 valence electrons. The number of rotatable bonds is 7. The van der Waals surface area contributed by atoms with Gasteiger partial charge in [0.05, 0.1) is 13.2 Å². The number of ether oxygens (including phenoxy) is 1. The van der Waals surface area contributed by atoms with Crippen LogP contribution in [-0.4, -0.2) is 68.6 Å². The molecule has 6 heteroatoms. The number of guanidine groups is 1. The van der Waals surface area contributed by atoms with Crippen molar-refractivity contribution in [3.05, 3.63) is 30.3 Å². The van der Waals surface area contributed by atoms with Gasteiger partial charge in [0.25, 0.3) is 0 Å². The molecule has 2 rings (SSSR count). The molecule has 2 unspecified atom stereocenters. The van der Waals surface area contributed by atoms with E-state index in [1.807, 2.05) is 24.9 Å². The Morgan fingerprint density at radius 2 is 2.17 bits per heavy atom. The number of aliphatic imine (C=N–C) groups is 1. The zero-order chi connectivity index (χ0) is 17.2. The monoisotopic (exact) mass is 350 g/mol. The quantitative estimate of drug-likeness (QED) is 0.341. The lowest BCUT2D eigenvalue weighted by atomic mass is 10.2. The molecule has 1 fully saturated rings. The zero-order valence-corrected chi connectivity index (χ0v) is 15.8. The van der Waals surface area contributed by atoms with Crippen LogP contribution in [0, 0.1) is 0 Å². The van der Waals surface area contributed by atoms with Gasteiger partial charge in [-0.05, 0) is 26.0 Å². The van der Waals surface area contributed by atoms with Crippen LogP contribution < -0.4 is 10.6 Å². The Hall–Kier alpha value is -1.24. The van der Waals surface area contributed by atoms with Crippen LogP contribution in [0.5, 0.6) is 0 Å². The molecule has 1 aromatic rings. The van der Waals surface area contributed by atoms with Crippen LogP contribution in [0.3, 0.4) is 0 Å². The number of benzene rings is 1. The van der Waals surface area contributed by atoms with Crippen molar-refractivity contribution in [1.82, 2.24) is 15.5 Å². The number of hydrogen-bond acceptors (Lipinski definition) is 4. The van der Waals surface area contributed by atoms with E-state index in [4.69, 9.17) is 4.74 Å². The predicted octanol–water partition coefficient (Wildman–Crippen LogP) is 2.05. The molecule has 1 aliphatic heterocycles. The smallest absolute Gasteiger partial charge is 0.191 e. The predicted molar refractivity (Wildman–Crippen MR) is 103 cm³/mol. The molecule has 1 saturated heterocycles. The van der Waals surface area contributed by atoms with E-state index in [1.165, 1.54) is 4.90 Å². The van der Waals surface area contributed by atoms with E-state index in [-0.39, 0.29) is 0 Å². The SMILES string of the molecule is CN=C(NCCSc1ccccc1)NCC(C)N1CCOCC1C. The normalized spacial score (nSPS) is 20.6. The Kier molecular flexibility index (Phi) is 8.42. The highest BCUT2D eigenvalue weighted by molar-refractivity contribution is 7.99. The van der Waals surface area contributed by atoms with Crippen LogP contribution in [0.1, 0.15) is 13.8 Å². The molecule has 0 saturated carbocycles. The first-order valence-electron chi connectivity index (χ1n) is 8.66. The third kappa shape index (κ3) is 6.34. The van der Waals surface area contributed by atoms with Crippen LogP contribution in [0.15, 0.2) is 40.2 Å². The third-order valence-corrected chi connectivity index (χ3v) is 5.19. The summed E-state index contributed by atoms with van der Waals surface area (Å²) in [7, 11) is 1.82. The van der Waals surface area contributed by atoms with Crippen LogP contribution in [-0.2, 0) is 4.74 Å². The van der Waals surface area contributed by atoms with Crippen molar-refractivity contribution in [3.8, 4) is 0 Å². The molecule has 1 aromatic carbocycles. The van der Waals surface area contributed by atoms with Crippen molar-refractivity contribution in [1.29, 1.82) is 0 Å². The summed E-state index contributed by atoms with van der Waals surface area (Å²) < 4.78 is 5.51. The summed E-state index contributed by atoms with van der Waals surface area (Å²) in [6, 6.07) is 11.4. The Morgan fingerprint density at radius 3 is 2.88 bits per heavy atom. The van der Waals surface area contributed by atoms with Gasteiger partial charge in [0.15, 0.2) is 5.96 Å². The van der Waals surface area contributed by atoms with E-state index < -0.39 is 0 Å². The second-order valence-corrected chi connectivity index (χ2v) is 7.22. The van der Waals surface area contributed by atoms with E-state index in [0.29, 0.717) is 12.1 Å². The van der Waals surface area contributed by atoms with Crippen molar-refractivity contribution in [2.45, 2.75) is 30.8 Å². The highest BCUT2D eigenvalue weighted by atomic mass is 32.2. The number of hydrogen-bond donors (Lipinski definition) is 2. The lowest BCUT2D eigenvalue weighted by molar-refractivity contribution is -0.0174. The second kappa shape index (κ2) is 10.6. The fourth-order valence-electron chi connectivity index (χ4n) is 2.83. The first kappa shape index (κ1) is 19.1. The fraction of sp³-hybridized carbons (Fsp3) is 0.611. The average molecular weight is 351 g/mol. The van der Waals surface area contributed by atoms with Crippen molar-refractivity contribution in [2.75, 3.05) is 45.6 Å². The summed E-state index contributed by atoms with van der Waals surface area (Å²) in [4.78, 5) is 8.11.